The Bertz CT molecular complexity index is 581. The van der Waals surface area contributed by atoms with E-state index >= 15 is 0 Å². The number of halogens is 1. The van der Waals surface area contributed by atoms with E-state index in [1.54, 1.807) is 0 Å². The summed E-state index contributed by atoms with van der Waals surface area (Å²) in [6.45, 7) is 0.247. The van der Waals surface area contributed by atoms with E-state index in [2.05, 4.69) is 5.32 Å². The van der Waals surface area contributed by atoms with Crippen LogP contribution in [0.1, 0.15) is 32.1 Å². The van der Waals surface area contributed by atoms with E-state index in [4.69, 9.17) is 15.2 Å². The van der Waals surface area contributed by atoms with Gasteiger partial charge >= 0.3 is 0 Å². The maximum Gasteiger partial charge on any atom is 0.231 e. The van der Waals surface area contributed by atoms with Crippen molar-refractivity contribution in [3.63, 3.8) is 0 Å². The van der Waals surface area contributed by atoms with Crippen LogP contribution in [0, 0.1) is 17.8 Å². The maximum atomic E-state index is 12.6. The van der Waals surface area contributed by atoms with Crippen LogP contribution in [-0.2, 0) is 4.79 Å². The SMILES string of the molecule is Cl.NC1C2CCCC1CC(C(=O)Nc1ccc3c(c1)OCO3)C2. The van der Waals surface area contributed by atoms with Crippen molar-refractivity contribution < 1.29 is 14.3 Å². The molecule has 0 radical (unpaired) electrons. The third kappa shape index (κ3) is 3.12. The van der Waals surface area contributed by atoms with Crippen LogP contribution in [0.25, 0.3) is 0 Å². The summed E-state index contributed by atoms with van der Waals surface area (Å²) in [7, 11) is 0. The molecular weight excluding hydrogens is 316 g/mol. The molecule has 0 aromatic heterocycles. The normalized spacial score (nSPS) is 31.2. The molecule has 1 heterocycles. The number of hydrogen-bond donors (Lipinski definition) is 2. The predicted molar refractivity (Wildman–Crippen MR) is 90.0 cm³/mol. The first-order chi connectivity index (χ1) is 10.7. The van der Waals surface area contributed by atoms with E-state index in [-0.39, 0.29) is 31.0 Å². The molecule has 4 rings (SSSR count). The molecule has 23 heavy (non-hydrogen) atoms. The maximum absolute atomic E-state index is 12.6. The Kier molecular flexibility index (Phi) is 4.69. The van der Waals surface area contributed by atoms with Gasteiger partial charge in [-0.25, -0.2) is 0 Å². The third-order valence-electron chi connectivity index (χ3n) is 5.42. The van der Waals surface area contributed by atoms with Gasteiger partial charge in [-0.3, -0.25) is 4.79 Å². The fraction of sp³-hybridized carbons (Fsp3) is 0.588. The second kappa shape index (κ2) is 6.57. The van der Waals surface area contributed by atoms with Gasteiger partial charge in [0.2, 0.25) is 12.7 Å². The molecule has 3 aliphatic rings. The summed E-state index contributed by atoms with van der Waals surface area (Å²) >= 11 is 0. The second-order valence-corrected chi connectivity index (χ2v) is 6.75. The van der Waals surface area contributed by atoms with Gasteiger partial charge < -0.3 is 20.5 Å². The molecule has 0 saturated heterocycles. The fourth-order valence-corrected chi connectivity index (χ4v) is 4.22. The lowest BCUT2D eigenvalue weighted by molar-refractivity contribution is -0.122. The Morgan fingerprint density at radius 1 is 1.13 bits per heavy atom. The van der Waals surface area contributed by atoms with Gasteiger partial charge in [-0.1, -0.05) is 6.42 Å². The highest BCUT2D eigenvalue weighted by molar-refractivity contribution is 5.93. The van der Waals surface area contributed by atoms with Crippen molar-refractivity contribution in [3.05, 3.63) is 18.2 Å². The van der Waals surface area contributed by atoms with E-state index in [0.717, 1.165) is 24.3 Å². The van der Waals surface area contributed by atoms with Gasteiger partial charge in [0.05, 0.1) is 0 Å². The number of hydrogen-bond acceptors (Lipinski definition) is 4. The van der Waals surface area contributed by atoms with Crippen LogP contribution in [0.5, 0.6) is 11.5 Å². The minimum absolute atomic E-state index is 0. The van der Waals surface area contributed by atoms with Crippen LogP contribution in [-0.4, -0.2) is 18.7 Å². The van der Waals surface area contributed by atoms with Gasteiger partial charge in [0, 0.05) is 23.7 Å². The number of nitrogens with two attached hydrogens (primary N) is 1. The van der Waals surface area contributed by atoms with E-state index in [1.165, 1.54) is 19.3 Å². The highest BCUT2D eigenvalue weighted by Gasteiger charge is 2.40. The number of benzene rings is 1. The molecule has 0 spiro atoms. The number of amides is 1. The molecule has 1 amide bonds. The molecule has 2 aliphatic carbocycles. The fourth-order valence-electron chi connectivity index (χ4n) is 4.22. The monoisotopic (exact) mass is 338 g/mol. The number of rotatable bonds is 2. The average Bonchev–Trinajstić information content (AvgIpc) is 2.94. The molecule has 3 N–H and O–H groups in total. The largest absolute Gasteiger partial charge is 0.454 e. The topological polar surface area (TPSA) is 73.6 Å². The Morgan fingerprint density at radius 3 is 2.57 bits per heavy atom. The van der Waals surface area contributed by atoms with Gasteiger partial charge in [-0.15, -0.1) is 12.4 Å². The lowest BCUT2D eigenvalue weighted by Crippen LogP contribution is -2.48. The van der Waals surface area contributed by atoms with Crippen molar-refractivity contribution in [2.45, 2.75) is 38.1 Å². The van der Waals surface area contributed by atoms with Crippen molar-refractivity contribution in [1.82, 2.24) is 0 Å². The Hall–Kier alpha value is -1.46. The number of ether oxygens (including phenoxy) is 2. The third-order valence-corrected chi connectivity index (χ3v) is 5.42. The van der Waals surface area contributed by atoms with Gasteiger partial charge in [-0.05, 0) is 49.7 Å². The van der Waals surface area contributed by atoms with Gasteiger partial charge in [-0.2, -0.15) is 0 Å². The minimum Gasteiger partial charge on any atom is -0.454 e. The number of carbonyl (C=O) groups excluding carboxylic acids is 1. The molecule has 2 bridgehead atoms. The minimum atomic E-state index is 0. The second-order valence-electron chi connectivity index (χ2n) is 6.75. The lowest BCUT2D eigenvalue weighted by Gasteiger charge is -2.43. The van der Waals surface area contributed by atoms with Crippen LogP contribution >= 0.6 is 12.4 Å². The summed E-state index contributed by atoms with van der Waals surface area (Å²) < 4.78 is 10.6. The zero-order chi connectivity index (χ0) is 15.1. The molecule has 2 atom stereocenters. The van der Waals surface area contributed by atoms with Crippen LogP contribution < -0.4 is 20.5 Å². The van der Waals surface area contributed by atoms with E-state index in [1.807, 2.05) is 18.2 Å². The summed E-state index contributed by atoms with van der Waals surface area (Å²) in [4.78, 5) is 12.6. The molecule has 1 aromatic rings. The Balaban J connectivity index is 0.00000156. The summed E-state index contributed by atoms with van der Waals surface area (Å²) in [5, 5.41) is 3.03. The number of fused-ring (bicyclic) bond motifs is 3. The summed E-state index contributed by atoms with van der Waals surface area (Å²) in [6, 6.07) is 5.82. The first kappa shape index (κ1) is 16.4. The summed E-state index contributed by atoms with van der Waals surface area (Å²) in [5.41, 5.74) is 7.07. The van der Waals surface area contributed by atoms with Gasteiger partial charge in [0.25, 0.3) is 0 Å². The first-order valence-electron chi connectivity index (χ1n) is 8.17. The Morgan fingerprint density at radius 2 is 1.83 bits per heavy atom. The van der Waals surface area contributed by atoms with Gasteiger partial charge in [0.15, 0.2) is 11.5 Å². The molecule has 6 heteroatoms. The predicted octanol–water partition coefficient (Wildman–Crippen LogP) is 2.93. The molecule has 126 valence electrons. The number of anilines is 1. The van der Waals surface area contributed by atoms with Crippen LogP contribution in [0.15, 0.2) is 18.2 Å². The van der Waals surface area contributed by atoms with Crippen molar-refractivity contribution >= 4 is 24.0 Å². The van der Waals surface area contributed by atoms with E-state index in [9.17, 15) is 4.79 Å². The summed E-state index contributed by atoms with van der Waals surface area (Å²) in [6.07, 6.45) is 5.46. The zero-order valence-electron chi connectivity index (χ0n) is 13.0. The molecule has 5 nitrogen and oxygen atoms in total. The van der Waals surface area contributed by atoms with Crippen LogP contribution in [0.2, 0.25) is 0 Å². The smallest absolute Gasteiger partial charge is 0.231 e. The van der Waals surface area contributed by atoms with Gasteiger partial charge in [0.1, 0.15) is 0 Å². The quantitative estimate of drug-likeness (QED) is 0.869. The number of nitrogens with one attached hydrogen (secondary N) is 1. The van der Waals surface area contributed by atoms with E-state index in [0.29, 0.717) is 23.6 Å². The van der Waals surface area contributed by atoms with Crippen molar-refractivity contribution in [1.29, 1.82) is 0 Å². The van der Waals surface area contributed by atoms with Crippen molar-refractivity contribution in [3.8, 4) is 11.5 Å². The average molecular weight is 339 g/mol. The molecule has 1 aromatic carbocycles. The number of carbonyl (C=O) groups is 1. The highest BCUT2D eigenvalue weighted by atomic mass is 35.5. The van der Waals surface area contributed by atoms with Crippen LogP contribution in [0.3, 0.4) is 0 Å². The van der Waals surface area contributed by atoms with Crippen LogP contribution in [0.4, 0.5) is 5.69 Å². The molecule has 2 fully saturated rings. The lowest BCUT2D eigenvalue weighted by atomic mass is 9.65. The van der Waals surface area contributed by atoms with Crippen molar-refractivity contribution in [2.75, 3.05) is 12.1 Å². The summed E-state index contributed by atoms with van der Waals surface area (Å²) in [5.74, 6) is 2.65. The molecule has 1 aliphatic heterocycles. The van der Waals surface area contributed by atoms with Crippen molar-refractivity contribution in [2.24, 2.45) is 23.5 Å². The van der Waals surface area contributed by atoms with E-state index < -0.39 is 0 Å². The Labute approximate surface area is 142 Å². The standard InChI is InChI=1S/C17H22N2O3.ClH/c18-16-10-2-1-3-11(16)7-12(6-10)17(20)19-13-4-5-14-15(8-13)22-9-21-14;/h4-5,8,10-12,16H,1-3,6-7,9,18H2,(H,19,20);1H. The zero-order valence-corrected chi connectivity index (χ0v) is 13.8. The molecular formula is C17H23ClN2O3. The molecule has 2 saturated carbocycles. The first-order valence-corrected chi connectivity index (χ1v) is 8.17. The highest BCUT2D eigenvalue weighted by Crippen LogP contribution is 2.42. The molecule has 2 unspecified atom stereocenters.